The molecule has 0 aliphatic rings. The van der Waals surface area contributed by atoms with Crippen LogP contribution in [-0.2, 0) is 4.79 Å². The Labute approximate surface area is 129 Å². The zero-order chi connectivity index (χ0) is 16.1. The van der Waals surface area contributed by atoms with Gasteiger partial charge in [-0.3, -0.25) is 4.79 Å². The molecule has 2 atom stereocenters. The molecule has 2 unspecified atom stereocenters. The second kappa shape index (κ2) is 6.93. The Bertz CT molecular complexity index is 604. The number of anilines is 2. The zero-order valence-electron chi connectivity index (χ0n) is 13.2. The molecule has 0 aliphatic carbocycles. The van der Waals surface area contributed by atoms with E-state index in [1.54, 1.807) is 38.6 Å². The molecule has 116 valence electrons. The summed E-state index contributed by atoms with van der Waals surface area (Å²) in [5.74, 6) is 0.395. The highest BCUT2D eigenvalue weighted by Gasteiger charge is 2.25. The number of carbonyl (C=O) groups excluding carboxylic acids is 1. The maximum absolute atomic E-state index is 12.7. The summed E-state index contributed by atoms with van der Waals surface area (Å²) in [6, 6.07) is 3.52. The van der Waals surface area contributed by atoms with Crippen LogP contribution in [0, 0.1) is 0 Å². The van der Waals surface area contributed by atoms with Crippen molar-refractivity contribution in [1.82, 2.24) is 19.9 Å². The van der Waals surface area contributed by atoms with Crippen LogP contribution < -0.4 is 10.6 Å². The van der Waals surface area contributed by atoms with E-state index in [9.17, 15) is 4.79 Å². The van der Waals surface area contributed by atoms with Gasteiger partial charge in [0.2, 0.25) is 11.9 Å². The fraction of sp³-hybridized carbons (Fsp3) is 0.400. The molecule has 2 aromatic rings. The van der Waals surface area contributed by atoms with E-state index in [2.05, 4.69) is 30.6 Å². The van der Waals surface area contributed by atoms with Gasteiger partial charge in [0.1, 0.15) is 5.78 Å². The van der Waals surface area contributed by atoms with Gasteiger partial charge < -0.3 is 10.6 Å². The van der Waals surface area contributed by atoms with Crippen molar-refractivity contribution in [3.05, 3.63) is 35.9 Å². The van der Waals surface area contributed by atoms with Crippen molar-refractivity contribution in [2.45, 2.75) is 25.7 Å². The Hall–Kier alpha value is -2.57. The highest BCUT2D eigenvalue weighted by molar-refractivity contribution is 5.90. The summed E-state index contributed by atoms with van der Waals surface area (Å²) >= 11 is 0. The van der Waals surface area contributed by atoms with Crippen LogP contribution in [0.1, 0.15) is 37.1 Å². The number of ketones is 1. The first-order valence-electron chi connectivity index (χ1n) is 7.12. The summed E-state index contributed by atoms with van der Waals surface area (Å²) in [5.41, 5.74) is 1.39. The molecule has 0 spiro atoms. The zero-order valence-corrected chi connectivity index (χ0v) is 13.2. The third-order valence-electron chi connectivity index (χ3n) is 3.54. The van der Waals surface area contributed by atoms with Crippen LogP contribution in [0.2, 0.25) is 0 Å². The fourth-order valence-corrected chi connectivity index (χ4v) is 2.14. The van der Waals surface area contributed by atoms with Crippen LogP contribution in [0.4, 0.5) is 11.9 Å². The molecule has 0 saturated heterocycles. The third-order valence-corrected chi connectivity index (χ3v) is 3.54. The molecular weight excluding hydrogens is 280 g/mol. The van der Waals surface area contributed by atoms with Gasteiger partial charge >= 0.3 is 0 Å². The largest absolute Gasteiger partial charge is 0.357 e. The molecule has 0 fully saturated rings. The smallest absolute Gasteiger partial charge is 0.222 e. The van der Waals surface area contributed by atoms with Gasteiger partial charge in [0.25, 0.3) is 0 Å². The average molecular weight is 300 g/mol. The molecule has 2 rings (SSSR count). The fourth-order valence-electron chi connectivity index (χ4n) is 2.14. The number of Topliss-reactive ketones (excluding diaryl/α,β-unsaturated/α-hetero) is 1. The molecule has 7 heteroatoms. The molecule has 0 aliphatic heterocycles. The van der Waals surface area contributed by atoms with Crippen LogP contribution >= 0.6 is 0 Å². The molecule has 0 aromatic carbocycles. The average Bonchev–Trinajstić information content (AvgIpc) is 2.59. The number of hydrogen-bond donors (Lipinski definition) is 2. The third kappa shape index (κ3) is 3.36. The maximum atomic E-state index is 12.7. The van der Waals surface area contributed by atoms with E-state index in [-0.39, 0.29) is 17.6 Å². The number of nitrogens with one attached hydrogen (secondary N) is 2. The van der Waals surface area contributed by atoms with E-state index in [1.165, 1.54) is 0 Å². The summed E-state index contributed by atoms with van der Waals surface area (Å²) in [5, 5.41) is 5.75. The monoisotopic (exact) mass is 300 g/mol. The summed E-state index contributed by atoms with van der Waals surface area (Å²) in [6.45, 7) is 3.70. The number of nitrogens with zero attached hydrogens (tertiary/aromatic N) is 4. The highest BCUT2D eigenvalue weighted by atomic mass is 16.1. The van der Waals surface area contributed by atoms with E-state index >= 15 is 0 Å². The Morgan fingerprint density at radius 1 is 0.909 bits per heavy atom. The number of rotatable bonds is 6. The second-order valence-electron chi connectivity index (χ2n) is 4.96. The minimum Gasteiger partial charge on any atom is -0.357 e. The molecule has 2 aromatic heterocycles. The van der Waals surface area contributed by atoms with Gasteiger partial charge in [0.15, 0.2) is 0 Å². The van der Waals surface area contributed by atoms with Crippen molar-refractivity contribution < 1.29 is 4.79 Å². The van der Waals surface area contributed by atoms with Crippen molar-refractivity contribution in [3.63, 3.8) is 0 Å². The molecule has 0 amide bonds. The first kappa shape index (κ1) is 15.8. The molecule has 22 heavy (non-hydrogen) atoms. The molecule has 0 bridgehead atoms. The quantitative estimate of drug-likeness (QED) is 0.840. The van der Waals surface area contributed by atoms with Crippen LogP contribution in [0.15, 0.2) is 24.5 Å². The van der Waals surface area contributed by atoms with Crippen LogP contribution in [0.5, 0.6) is 0 Å². The van der Waals surface area contributed by atoms with Crippen molar-refractivity contribution in [3.8, 4) is 0 Å². The van der Waals surface area contributed by atoms with Gasteiger partial charge in [-0.1, -0.05) is 0 Å². The normalized spacial score (nSPS) is 13.3. The Balaban J connectivity index is 2.21. The van der Waals surface area contributed by atoms with E-state index in [4.69, 9.17) is 0 Å². The predicted octanol–water partition coefficient (Wildman–Crippen LogP) is 1.83. The lowest BCUT2D eigenvalue weighted by molar-refractivity contribution is -0.121. The Morgan fingerprint density at radius 3 is 1.68 bits per heavy atom. The van der Waals surface area contributed by atoms with Gasteiger partial charge in [-0.05, 0) is 26.0 Å². The lowest BCUT2D eigenvalue weighted by Crippen LogP contribution is -2.19. The number of aromatic nitrogens is 4. The predicted molar refractivity (Wildman–Crippen MR) is 85.0 cm³/mol. The lowest BCUT2D eigenvalue weighted by atomic mass is 9.90. The van der Waals surface area contributed by atoms with Gasteiger partial charge in [0.05, 0.1) is 23.2 Å². The van der Waals surface area contributed by atoms with Crippen molar-refractivity contribution >= 4 is 17.7 Å². The maximum Gasteiger partial charge on any atom is 0.222 e. The first-order valence-corrected chi connectivity index (χ1v) is 7.12. The molecule has 2 N–H and O–H groups in total. The van der Waals surface area contributed by atoms with Crippen molar-refractivity contribution in [1.29, 1.82) is 0 Å². The second-order valence-corrected chi connectivity index (χ2v) is 4.96. The van der Waals surface area contributed by atoms with Crippen LogP contribution in [0.25, 0.3) is 0 Å². The van der Waals surface area contributed by atoms with Crippen LogP contribution in [0.3, 0.4) is 0 Å². The Kier molecular flexibility index (Phi) is 4.98. The molecule has 0 radical (unpaired) electrons. The lowest BCUT2D eigenvalue weighted by Gasteiger charge is -2.16. The summed E-state index contributed by atoms with van der Waals surface area (Å²) in [6.07, 6.45) is 3.29. The van der Waals surface area contributed by atoms with Gasteiger partial charge in [-0.25, -0.2) is 19.9 Å². The first-order chi connectivity index (χ1) is 10.6. The van der Waals surface area contributed by atoms with E-state index in [0.29, 0.717) is 23.3 Å². The summed E-state index contributed by atoms with van der Waals surface area (Å²) in [7, 11) is 3.49. The molecular formula is C15H20N6O. The number of hydrogen-bond acceptors (Lipinski definition) is 7. The standard InChI is InChI=1S/C15H20N6O/c1-9(11-5-7-18-14(16-3)20-11)13(22)10(2)12-6-8-19-15(17-4)21-12/h5-10H,1-4H3,(H,16,18,20)(H,17,19,21). The van der Waals surface area contributed by atoms with E-state index < -0.39 is 0 Å². The van der Waals surface area contributed by atoms with E-state index in [0.717, 1.165) is 0 Å². The Morgan fingerprint density at radius 2 is 1.32 bits per heavy atom. The number of carbonyl (C=O) groups is 1. The minimum atomic E-state index is -0.335. The van der Waals surface area contributed by atoms with Gasteiger partial charge in [-0.15, -0.1) is 0 Å². The van der Waals surface area contributed by atoms with Gasteiger partial charge in [-0.2, -0.15) is 0 Å². The van der Waals surface area contributed by atoms with Crippen LogP contribution in [-0.4, -0.2) is 39.8 Å². The molecule has 0 saturated carbocycles. The van der Waals surface area contributed by atoms with E-state index in [1.807, 2.05) is 13.8 Å². The molecule has 2 heterocycles. The molecule has 7 nitrogen and oxygen atoms in total. The highest BCUT2D eigenvalue weighted by Crippen LogP contribution is 2.24. The summed E-state index contributed by atoms with van der Waals surface area (Å²) in [4.78, 5) is 29.5. The SMILES string of the molecule is CNc1nccc(C(C)C(=O)C(C)c2ccnc(NC)n2)n1. The summed E-state index contributed by atoms with van der Waals surface area (Å²) < 4.78 is 0. The minimum absolute atomic E-state index is 0.0570. The van der Waals surface area contributed by atoms with Crippen molar-refractivity contribution in [2.24, 2.45) is 0 Å². The van der Waals surface area contributed by atoms with Crippen molar-refractivity contribution in [2.75, 3.05) is 24.7 Å². The van der Waals surface area contributed by atoms with Gasteiger partial charge in [0, 0.05) is 26.5 Å². The topological polar surface area (TPSA) is 92.7 Å².